The van der Waals surface area contributed by atoms with Crippen LogP contribution >= 0.6 is 11.6 Å². The van der Waals surface area contributed by atoms with Crippen LogP contribution in [0.3, 0.4) is 0 Å². The predicted molar refractivity (Wildman–Crippen MR) is 74.9 cm³/mol. The first-order chi connectivity index (χ1) is 8.15. The molecule has 1 heterocycles. The second-order valence-electron chi connectivity index (χ2n) is 5.03. The van der Waals surface area contributed by atoms with Gasteiger partial charge in [-0.3, -0.25) is 0 Å². The van der Waals surface area contributed by atoms with Gasteiger partial charge >= 0.3 is 0 Å². The number of nitrogens with zero attached hydrogens (tertiary/aromatic N) is 1. The molecule has 1 aromatic rings. The van der Waals surface area contributed by atoms with Crippen LogP contribution in [0, 0.1) is 6.92 Å². The number of hydrogen-bond acceptors (Lipinski definition) is 2. The summed E-state index contributed by atoms with van der Waals surface area (Å²) in [7, 11) is 2.20. The molecule has 2 rings (SSSR count). The Morgan fingerprint density at radius 2 is 2.12 bits per heavy atom. The maximum Gasteiger partial charge on any atom is 0.0410 e. The van der Waals surface area contributed by atoms with Crippen LogP contribution in [0.5, 0.6) is 0 Å². The molecule has 94 valence electrons. The van der Waals surface area contributed by atoms with E-state index >= 15 is 0 Å². The van der Waals surface area contributed by atoms with Gasteiger partial charge in [-0.2, -0.15) is 0 Å². The minimum atomic E-state index is 0.597. The van der Waals surface area contributed by atoms with Gasteiger partial charge in [0, 0.05) is 16.8 Å². The maximum absolute atomic E-state index is 5.97. The van der Waals surface area contributed by atoms with E-state index in [4.69, 9.17) is 11.6 Å². The Morgan fingerprint density at radius 1 is 1.29 bits per heavy atom. The van der Waals surface area contributed by atoms with Crippen LogP contribution in [0.15, 0.2) is 18.2 Å². The maximum atomic E-state index is 5.97. The first kappa shape index (κ1) is 12.7. The van der Waals surface area contributed by atoms with E-state index in [-0.39, 0.29) is 0 Å². The molecule has 0 aromatic heterocycles. The monoisotopic (exact) mass is 252 g/mol. The lowest BCUT2D eigenvalue weighted by Crippen LogP contribution is -2.23. The lowest BCUT2D eigenvalue weighted by atomic mass is 10.1. The molecule has 2 nitrogen and oxygen atoms in total. The van der Waals surface area contributed by atoms with Crippen molar-refractivity contribution in [3.05, 3.63) is 28.8 Å². The van der Waals surface area contributed by atoms with Gasteiger partial charge in [0.15, 0.2) is 0 Å². The molecule has 3 heteroatoms. The molecule has 0 saturated carbocycles. The van der Waals surface area contributed by atoms with Gasteiger partial charge < -0.3 is 10.2 Å². The molecule has 1 N–H and O–H groups in total. The largest absolute Gasteiger partial charge is 0.382 e. The molecule has 0 radical (unpaired) electrons. The molecule has 1 aliphatic rings. The van der Waals surface area contributed by atoms with Crippen LogP contribution < -0.4 is 5.32 Å². The van der Waals surface area contributed by atoms with Crippen LogP contribution in [-0.2, 0) is 0 Å². The second kappa shape index (κ2) is 5.74. The van der Waals surface area contributed by atoms with Crippen LogP contribution in [0.1, 0.15) is 24.8 Å². The average molecular weight is 253 g/mol. The molecule has 0 bridgehead atoms. The van der Waals surface area contributed by atoms with Gasteiger partial charge in [-0.05, 0) is 70.1 Å². The molecule has 0 spiro atoms. The molecule has 17 heavy (non-hydrogen) atoms. The Hall–Kier alpha value is -0.730. The molecule has 1 unspecified atom stereocenters. The summed E-state index contributed by atoms with van der Waals surface area (Å²) in [5, 5.41) is 4.47. The Bertz CT molecular complexity index is 378. The molecule has 1 saturated heterocycles. The topological polar surface area (TPSA) is 15.3 Å². The first-order valence-corrected chi connectivity index (χ1v) is 6.74. The normalized spacial score (nSPS) is 22.2. The van der Waals surface area contributed by atoms with Crippen molar-refractivity contribution in [2.75, 3.05) is 25.5 Å². The van der Waals surface area contributed by atoms with Crippen LogP contribution in [-0.4, -0.2) is 31.1 Å². The quantitative estimate of drug-likeness (QED) is 0.866. The van der Waals surface area contributed by atoms with E-state index in [0.717, 1.165) is 5.02 Å². The van der Waals surface area contributed by atoms with Crippen molar-refractivity contribution in [1.82, 2.24) is 4.90 Å². The van der Waals surface area contributed by atoms with Crippen LogP contribution in [0.25, 0.3) is 0 Å². The zero-order valence-corrected chi connectivity index (χ0v) is 11.4. The zero-order valence-electron chi connectivity index (χ0n) is 10.7. The van der Waals surface area contributed by atoms with Crippen molar-refractivity contribution in [3.63, 3.8) is 0 Å². The van der Waals surface area contributed by atoms with Crippen LogP contribution in [0.2, 0.25) is 5.02 Å². The number of rotatable bonds is 2. The Kier molecular flexibility index (Phi) is 4.30. The number of aryl methyl sites for hydroxylation is 1. The van der Waals surface area contributed by atoms with Gasteiger partial charge in [0.05, 0.1) is 0 Å². The molecule has 0 aliphatic carbocycles. The lowest BCUT2D eigenvalue weighted by molar-refractivity contribution is 0.348. The highest BCUT2D eigenvalue weighted by Gasteiger charge is 2.15. The summed E-state index contributed by atoms with van der Waals surface area (Å²) in [5.74, 6) is 0. The third-order valence-electron chi connectivity index (χ3n) is 3.50. The van der Waals surface area contributed by atoms with Gasteiger partial charge in [-0.1, -0.05) is 11.6 Å². The van der Waals surface area contributed by atoms with Crippen molar-refractivity contribution >= 4 is 17.3 Å². The second-order valence-corrected chi connectivity index (χ2v) is 5.47. The summed E-state index contributed by atoms with van der Waals surface area (Å²) >= 11 is 5.97. The number of likely N-dealkylation sites (tertiary alicyclic amines) is 1. The van der Waals surface area contributed by atoms with E-state index in [0.29, 0.717) is 6.04 Å². The summed E-state index contributed by atoms with van der Waals surface area (Å²) in [5.41, 5.74) is 2.46. The zero-order chi connectivity index (χ0) is 12.3. The van der Waals surface area contributed by atoms with E-state index < -0.39 is 0 Å². The molecule has 1 aromatic carbocycles. The van der Waals surface area contributed by atoms with Gasteiger partial charge in [0.2, 0.25) is 0 Å². The molecule has 0 amide bonds. The van der Waals surface area contributed by atoms with E-state index in [1.807, 2.05) is 12.1 Å². The lowest BCUT2D eigenvalue weighted by Gasteiger charge is -2.19. The molecular formula is C14H21ClN2. The summed E-state index contributed by atoms with van der Waals surface area (Å²) in [6.07, 6.45) is 3.76. The number of benzene rings is 1. The van der Waals surface area contributed by atoms with Gasteiger partial charge in [0.25, 0.3) is 0 Å². The average Bonchev–Trinajstić information content (AvgIpc) is 2.48. The first-order valence-electron chi connectivity index (χ1n) is 6.36. The third kappa shape index (κ3) is 3.62. The van der Waals surface area contributed by atoms with Gasteiger partial charge in [-0.25, -0.2) is 0 Å². The fraction of sp³-hybridized carbons (Fsp3) is 0.571. The Balaban J connectivity index is 2.00. The predicted octanol–water partition coefficient (Wildman–Crippen LogP) is 3.54. The summed E-state index contributed by atoms with van der Waals surface area (Å²) in [6.45, 7) is 4.51. The number of anilines is 1. The summed E-state index contributed by atoms with van der Waals surface area (Å²) in [6, 6.07) is 6.67. The highest BCUT2D eigenvalue weighted by Crippen LogP contribution is 2.22. The summed E-state index contributed by atoms with van der Waals surface area (Å²) < 4.78 is 0. The SMILES string of the molecule is Cc1cc(Cl)ccc1NC1CCCN(C)CC1. The molecule has 1 aliphatic heterocycles. The number of halogens is 1. The van der Waals surface area contributed by atoms with E-state index in [1.165, 1.54) is 43.6 Å². The Labute approximate surface area is 109 Å². The van der Waals surface area contributed by atoms with Crippen molar-refractivity contribution in [3.8, 4) is 0 Å². The molecular weight excluding hydrogens is 232 g/mol. The minimum Gasteiger partial charge on any atom is -0.382 e. The minimum absolute atomic E-state index is 0.597. The van der Waals surface area contributed by atoms with Gasteiger partial charge in [0.1, 0.15) is 0 Å². The molecule has 1 atom stereocenters. The fourth-order valence-corrected chi connectivity index (χ4v) is 2.62. The van der Waals surface area contributed by atoms with Crippen molar-refractivity contribution in [1.29, 1.82) is 0 Å². The number of nitrogens with one attached hydrogen (secondary N) is 1. The molecule has 1 fully saturated rings. The van der Waals surface area contributed by atoms with Crippen LogP contribution in [0.4, 0.5) is 5.69 Å². The highest BCUT2D eigenvalue weighted by atomic mass is 35.5. The van der Waals surface area contributed by atoms with E-state index in [9.17, 15) is 0 Å². The smallest absolute Gasteiger partial charge is 0.0410 e. The van der Waals surface area contributed by atoms with E-state index in [1.54, 1.807) is 0 Å². The number of hydrogen-bond donors (Lipinski definition) is 1. The van der Waals surface area contributed by atoms with E-state index in [2.05, 4.69) is 30.3 Å². The highest BCUT2D eigenvalue weighted by molar-refractivity contribution is 6.30. The Morgan fingerprint density at radius 3 is 2.88 bits per heavy atom. The van der Waals surface area contributed by atoms with Crippen molar-refractivity contribution in [2.45, 2.75) is 32.2 Å². The van der Waals surface area contributed by atoms with Crippen molar-refractivity contribution < 1.29 is 0 Å². The van der Waals surface area contributed by atoms with Crippen molar-refractivity contribution in [2.24, 2.45) is 0 Å². The third-order valence-corrected chi connectivity index (χ3v) is 3.73. The van der Waals surface area contributed by atoms with Gasteiger partial charge in [-0.15, -0.1) is 0 Å². The fourth-order valence-electron chi connectivity index (χ4n) is 2.39. The standard InChI is InChI=1S/C14H21ClN2/c1-11-10-12(15)5-6-14(11)16-13-4-3-8-17(2)9-7-13/h5-6,10,13,16H,3-4,7-9H2,1-2H3. The summed E-state index contributed by atoms with van der Waals surface area (Å²) in [4.78, 5) is 2.41.